The highest BCUT2D eigenvalue weighted by atomic mass is 16.5. The van der Waals surface area contributed by atoms with E-state index in [2.05, 4.69) is 25.4 Å². The average Bonchev–Trinajstić information content (AvgIpc) is 3.56. The first-order valence-electron chi connectivity index (χ1n) is 11.3. The predicted molar refractivity (Wildman–Crippen MR) is 115 cm³/mol. The molecule has 33 heavy (non-hydrogen) atoms. The van der Waals surface area contributed by atoms with Gasteiger partial charge in [-0.25, -0.2) is 9.78 Å². The van der Waals surface area contributed by atoms with Crippen molar-refractivity contribution in [3.8, 4) is 5.82 Å². The lowest BCUT2D eigenvalue weighted by Crippen LogP contribution is -2.51. The number of nitrogens with zero attached hydrogens (tertiary/aromatic N) is 7. The first kappa shape index (κ1) is 21.7. The highest BCUT2D eigenvalue weighted by Gasteiger charge is 2.49. The molecule has 1 N–H and O–H groups in total. The second kappa shape index (κ2) is 8.64. The van der Waals surface area contributed by atoms with Crippen molar-refractivity contribution in [1.29, 1.82) is 0 Å². The van der Waals surface area contributed by atoms with Gasteiger partial charge in [-0.05, 0) is 54.7 Å². The molecule has 5 heterocycles. The summed E-state index contributed by atoms with van der Waals surface area (Å²) in [6.07, 6.45) is 5.89. The number of amides is 1. The molecule has 11 nitrogen and oxygen atoms in total. The van der Waals surface area contributed by atoms with E-state index in [9.17, 15) is 14.7 Å². The maximum Gasteiger partial charge on any atom is 0.336 e. The lowest BCUT2D eigenvalue weighted by molar-refractivity contribution is -0.142. The van der Waals surface area contributed by atoms with Crippen LogP contribution in [0.4, 0.5) is 0 Å². The monoisotopic (exact) mass is 453 g/mol. The summed E-state index contributed by atoms with van der Waals surface area (Å²) in [5, 5.41) is 22.4. The maximum absolute atomic E-state index is 13.1. The van der Waals surface area contributed by atoms with Gasteiger partial charge in [0.1, 0.15) is 12.9 Å². The fourth-order valence-corrected chi connectivity index (χ4v) is 4.96. The molecule has 3 aliphatic heterocycles. The van der Waals surface area contributed by atoms with Crippen LogP contribution < -0.4 is 0 Å². The summed E-state index contributed by atoms with van der Waals surface area (Å²) in [7, 11) is 0. The second-order valence-corrected chi connectivity index (χ2v) is 8.95. The van der Waals surface area contributed by atoms with Gasteiger partial charge in [0.25, 0.3) is 0 Å². The molecule has 2 fully saturated rings. The molecule has 2 aromatic rings. The number of carbonyl (C=O) groups excluding carboxylic acids is 2. The number of hydrogen-bond donors (Lipinski definition) is 1. The Balaban J connectivity index is 1.14. The molecule has 3 aliphatic rings. The van der Waals surface area contributed by atoms with E-state index >= 15 is 0 Å². The van der Waals surface area contributed by atoms with E-state index in [0.29, 0.717) is 42.9 Å². The van der Waals surface area contributed by atoms with Gasteiger partial charge in [0.05, 0.1) is 22.8 Å². The third-order valence-electron chi connectivity index (χ3n) is 7.09. The molecule has 174 valence electrons. The topological polar surface area (TPSA) is 127 Å². The van der Waals surface area contributed by atoms with Crippen molar-refractivity contribution in [2.45, 2.75) is 38.2 Å². The minimum Gasteiger partial charge on any atom is -0.456 e. The van der Waals surface area contributed by atoms with Crippen LogP contribution in [0.5, 0.6) is 0 Å². The van der Waals surface area contributed by atoms with E-state index < -0.39 is 11.5 Å². The molecule has 2 aromatic heterocycles. The molecule has 5 rings (SSSR count). The van der Waals surface area contributed by atoms with Crippen LogP contribution >= 0.6 is 0 Å². The molecule has 0 aliphatic carbocycles. The van der Waals surface area contributed by atoms with Crippen molar-refractivity contribution >= 4 is 11.9 Å². The molecule has 11 heteroatoms. The van der Waals surface area contributed by atoms with Gasteiger partial charge in [-0.2, -0.15) is 4.68 Å². The third kappa shape index (κ3) is 4.13. The zero-order valence-electron chi connectivity index (χ0n) is 18.6. The minimum absolute atomic E-state index is 0.0904. The Labute approximate surface area is 191 Å². The standard InChI is InChI=1S/C22H27N7O4/c1-15-18(13-33-21(15)31)28-9-5-17(20(28)30)22(32)6-10-27(11-7-22)8-4-16-2-3-19(23-12-16)29-14-24-25-26-29/h2-3,12,14,17,32H,4-11,13H2,1H3. The first-order chi connectivity index (χ1) is 15.9. The summed E-state index contributed by atoms with van der Waals surface area (Å²) in [6.45, 7) is 4.68. The van der Waals surface area contributed by atoms with Gasteiger partial charge in [-0.3, -0.25) is 4.79 Å². The summed E-state index contributed by atoms with van der Waals surface area (Å²) >= 11 is 0. The second-order valence-electron chi connectivity index (χ2n) is 8.95. The van der Waals surface area contributed by atoms with Crippen molar-refractivity contribution in [3.05, 3.63) is 41.5 Å². The lowest BCUT2D eigenvalue weighted by Gasteiger charge is -2.41. The van der Waals surface area contributed by atoms with E-state index in [4.69, 9.17) is 4.74 Å². The Bertz CT molecular complexity index is 1060. The minimum atomic E-state index is -1.00. The molecule has 2 saturated heterocycles. The number of esters is 1. The van der Waals surface area contributed by atoms with Crippen LogP contribution in [-0.2, 0) is 20.7 Å². The predicted octanol–water partition coefficient (Wildman–Crippen LogP) is 0.106. The summed E-state index contributed by atoms with van der Waals surface area (Å²) in [4.78, 5) is 33.1. The van der Waals surface area contributed by atoms with Gasteiger partial charge in [0, 0.05) is 32.4 Å². The SMILES string of the molecule is CC1=C(N2CCC(C3(O)CCN(CCc4ccc(-n5cnnn5)nc4)CC3)C2=O)COC1=O. The molecule has 0 radical (unpaired) electrons. The normalized spacial score (nSPS) is 23.5. The Kier molecular flexibility index (Phi) is 5.67. The quantitative estimate of drug-likeness (QED) is 0.606. The number of aliphatic hydroxyl groups is 1. The summed E-state index contributed by atoms with van der Waals surface area (Å²) < 4.78 is 6.57. The van der Waals surface area contributed by atoms with Gasteiger partial charge >= 0.3 is 5.97 Å². The van der Waals surface area contributed by atoms with Crippen molar-refractivity contribution in [3.63, 3.8) is 0 Å². The van der Waals surface area contributed by atoms with Crippen LogP contribution in [-0.4, -0.2) is 90.4 Å². The van der Waals surface area contributed by atoms with Gasteiger partial charge in [0.15, 0.2) is 5.82 Å². The van der Waals surface area contributed by atoms with Crippen molar-refractivity contribution in [2.75, 3.05) is 32.8 Å². The maximum atomic E-state index is 13.1. The van der Waals surface area contributed by atoms with Crippen molar-refractivity contribution < 1.29 is 19.4 Å². The van der Waals surface area contributed by atoms with Gasteiger partial charge in [-0.15, -0.1) is 5.10 Å². The van der Waals surface area contributed by atoms with Crippen LogP contribution in [0.3, 0.4) is 0 Å². The van der Waals surface area contributed by atoms with Gasteiger partial charge in [-0.1, -0.05) is 6.07 Å². The van der Waals surface area contributed by atoms with Crippen molar-refractivity contribution in [2.24, 2.45) is 5.92 Å². The largest absolute Gasteiger partial charge is 0.456 e. The molecule has 0 saturated carbocycles. The van der Waals surface area contributed by atoms with Crippen LogP contribution in [0.25, 0.3) is 5.82 Å². The van der Waals surface area contributed by atoms with Gasteiger partial charge in [0.2, 0.25) is 5.91 Å². The zero-order valence-corrected chi connectivity index (χ0v) is 18.6. The number of pyridine rings is 1. The Morgan fingerprint density at radius 1 is 1.21 bits per heavy atom. The number of rotatable bonds is 6. The smallest absolute Gasteiger partial charge is 0.336 e. The highest BCUT2D eigenvalue weighted by Crippen LogP contribution is 2.38. The number of aromatic nitrogens is 5. The average molecular weight is 454 g/mol. The molecule has 1 amide bonds. The molecule has 0 bridgehead atoms. The molecule has 0 spiro atoms. The zero-order chi connectivity index (χ0) is 23.0. The van der Waals surface area contributed by atoms with Crippen LogP contribution in [0.2, 0.25) is 0 Å². The fourth-order valence-electron chi connectivity index (χ4n) is 4.96. The molecular formula is C22H27N7O4. The number of piperidine rings is 1. The third-order valence-corrected chi connectivity index (χ3v) is 7.09. The Morgan fingerprint density at radius 3 is 2.67 bits per heavy atom. The van der Waals surface area contributed by atoms with Crippen LogP contribution in [0.1, 0.15) is 31.7 Å². The summed E-state index contributed by atoms with van der Waals surface area (Å²) in [5.41, 5.74) is 1.25. The fraction of sp³-hybridized carbons (Fsp3) is 0.545. The van der Waals surface area contributed by atoms with Gasteiger partial charge < -0.3 is 19.6 Å². The summed E-state index contributed by atoms with van der Waals surface area (Å²) in [5.74, 6) is -0.221. The van der Waals surface area contributed by atoms with Crippen LogP contribution in [0.15, 0.2) is 35.9 Å². The Morgan fingerprint density at radius 2 is 2.03 bits per heavy atom. The van der Waals surface area contributed by atoms with Crippen LogP contribution in [0, 0.1) is 5.92 Å². The van der Waals surface area contributed by atoms with E-state index in [1.54, 1.807) is 11.8 Å². The van der Waals surface area contributed by atoms with E-state index in [1.807, 2.05) is 18.3 Å². The molecule has 0 aromatic carbocycles. The number of cyclic esters (lactones) is 1. The molecule has 1 unspecified atom stereocenters. The highest BCUT2D eigenvalue weighted by molar-refractivity contribution is 5.93. The Hall–Kier alpha value is -3.18. The van der Waals surface area contributed by atoms with E-state index in [-0.39, 0.29) is 18.5 Å². The lowest BCUT2D eigenvalue weighted by atomic mass is 9.78. The number of tetrazole rings is 1. The number of carbonyl (C=O) groups is 2. The number of likely N-dealkylation sites (tertiary alicyclic amines) is 2. The number of ether oxygens (including phenoxy) is 1. The number of hydrogen-bond acceptors (Lipinski definition) is 9. The molecular weight excluding hydrogens is 426 g/mol. The summed E-state index contributed by atoms with van der Waals surface area (Å²) in [6, 6.07) is 3.91. The van der Waals surface area contributed by atoms with E-state index in [1.165, 1.54) is 11.0 Å². The molecule has 1 atom stereocenters. The van der Waals surface area contributed by atoms with Crippen molar-refractivity contribution in [1.82, 2.24) is 35.0 Å². The van der Waals surface area contributed by atoms with E-state index in [0.717, 1.165) is 31.6 Å². The first-order valence-corrected chi connectivity index (χ1v) is 11.3.